The molecular formula is C14H24N2. The van der Waals surface area contributed by atoms with E-state index in [2.05, 4.69) is 55.3 Å². The van der Waals surface area contributed by atoms with E-state index in [1.165, 1.54) is 17.7 Å². The van der Waals surface area contributed by atoms with E-state index in [4.69, 9.17) is 0 Å². The monoisotopic (exact) mass is 220 g/mol. The van der Waals surface area contributed by atoms with Crippen molar-refractivity contribution in [1.82, 2.24) is 5.32 Å². The number of hydrogen-bond acceptors (Lipinski definition) is 2. The largest absolute Gasteiger partial charge is 0.372 e. The highest BCUT2D eigenvalue weighted by atomic mass is 15.1. The molecule has 0 aliphatic heterocycles. The van der Waals surface area contributed by atoms with Gasteiger partial charge in [0.2, 0.25) is 0 Å². The Labute approximate surface area is 99.7 Å². The smallest absolute Gasteiger partial charge is 0.0366 e. The summed E-state index contributed by atoms with van der Waals surface area (Å²) in [4.78, 5) is 2.42. The molecule has 90 valence electrons. The van der Waals surface area contributed by atoms with Gasteiger partial charge < -0.3 is 10.2 Å². The summed E-state index contributed by atoms with van der Waals surface area (Å²) in [6.45, 7) is 8.75. The van der Waals surface area contributed by atoms with Gasteiger partial charge in [-0.3, -0.25) is 0 Å². The van der Waals surface area contributed by atoms with E-state index in [1.807, 2.05) is 7.05 Å². The Morgan fingerprint density at radius 3 is 2.38 bits per heavy atom. The summed E-state index contributed by atoms with van der Waals surface area (Å²) in [5, 5.41) is 3.28. The molecule has 0 aliphatic carbocycles. The lowest BCUT2D eigenvalue weighted by Crippen LogP contribution is -2.30. The van der Waals surface area contributed by atoms with Crippen LogP contribution in [0.4, 0.5) is 5.69 Å². The number of nitrogens with one attached hydrogen (secondary N) is 1. The van der Waals surface area contributed by atoms with Crippen molar-refractivity contribution < 1.29 is 0 Å². The molecule has 0 aromatic heterocycles. The maximum atomic E-state index is 3.28. The second kappa shape index (κ2) is 6.54. The number of nitrogens with zero attached hydrogens (tertiary/aromatic N) is 1. The zero-order valence-corrected chi connectivity index (χ0v) is 11.0. The highest BCUT2D eigenvalue weighted by Crippen LogP contribution is 2.15. The van der Waals surface area contributed by atoms with Crippen molar-refractivity contribution in [2.24, 2.45) is 0 Å². The third-order valence-corrected chi connectivity index (χ3v) is 3.11. The molecule has 0 amide bonds. The summed E-state index contributed by atoms with van der Waals surface area (Å²) in [5.41, 5.74) is 2.65. The molecule has 16 heavy (non-hydrogen) atoms. The van der Waals surface area contributed by atoms with Crippen LogP contribution in [-0.4, -0.2) is 26.2 Å². The fraction of sp³-hybridized carbons (Fsp3) is 0.571. The maximum absolute atomic E-state index is 3.28. The van der Waals surface area contributed by atoms with Crippen molar-refractivity contribution in [3.05, 3.63) is 29.8 Å². The average Bonchev–Trinajstić information content (AvgIpc) is 2.31. The van der Waals surface area contributed by atoms with Crippen LogP contribution in [0.1, 0.15) is 25.8 Å². The van der Waals surface area contributed by atoms with Crippen LogP contribution in [0, 0.1) is 6.92 Å². The first-order valence-corrected chi connectivity index (χ1v) is 6.16. The van der Waals surface area contributed by atoms with Gasteiger partial charge in [-0.2, -0.15) is 0 Å². The minimum absolute atomic E-state index is 0.583. The highest BCUT2D eigenvalue weighted by molar-refractivity contribution is 5.47. The van der Waals surface area contributed by atoms with Gasteiger partial charge in [0, 0.05) is 24.8 Å². The molecule has 0 radical (unpaired) electrons. The standard InChI is InChI=1S/C14H24N2/c1-5-16(11-10-13(3)15-4)14-8-6-12(2)7-9-14/h6-9,13,15H,5,10-11H2,1-4H3. The predicted octanol–water partition coefficient (Wildman–Crippen LogP) is 2.82. The lowest BCUT2D eigenvalue weighted by atomic mass is 10.2. The van der Waals surface area contributed by atoms with E-state index in [0.29, 0.717) is 6.04 Å². The molecule has 0 heterocycles. The lowest BCUT2D eigenvalue weighted by molar-refractivity contribution is 0.558. The van der Waals surface area contributed by atoms with Crippen LogP contribution in [-0.2, 0) is 0 Å². The van der Waals surface area contributed by atoms with E-state index >= 15 is 0 Å². The van der Waals surface area contributed by atoms with Gasteiger partial charge in [-0.05, 0) is 46.4 Å². The van der Waals surface area contributed by atoms with Gasteiger partial charge in [-0.15, -0.1) is 0 Å². The molecule has 2 nitrogen and oxygen atoms in total. The fourth-order valence-corrected chi connectivity index (χ4v) is 1.72. The molecule has 0 fully saturated rings. The van der Waals surface area contributed by atoms with Crippen LogP contribution in [0.25, 0.3) is 0 Å². The second-order valence-corrected chi connectivity index (χ2v) is 4.39. The van der Waals surface area contributed by atoms with Crippen LogP contribution in [0.3, 0.4) is 0 Å². The van der Waals surface area contributed by atoms with Crippen molar-refractivity contribution in [2.45, 2.75) is 33.2 Å². The van der Waals surface area contributed by atoms with E-state index in [0.717, 1.165) is 13.1 Å². The van der Waals surface area contributed by atoms with Crippen LogP contribution >= 0.6 is 0 Å². The first-order chi connectivity index (χ1) is 7.67. The minimum atomic E-state index is 0.583. The molecule has 1 aromatic rings. The Morgan fingerprint density at radius 2 is 1.88 bits per heavy atom. The molecule has 2 heteroatoms. The Bertz CT molecular complexity index is 292. The van der Waals surface area contributed by atoms with Gasteiger partial charge in [-0.1, -0.05) is 17.7 Å². The zero-order valence-electron chi connectivity index (χ0n) is 11.0. The topological polar surface area (TPSA) is 15.3 Å². The number of hydrogen-bond donors (Lipinski definition) is 1. The van der Waals surface area contributed by atoms with Gasteiger partial charge in [0.25, 0.3) is 0 Å². The van der Waals surface area contributed by atoms with Crippen molar-refractivity contribution in [3.63, 3.8) is 0 Å². The molecule has 1 aromatic carbocycles. The summed E-state index contributed by atoms with van der Waals surface area (Å²) in [6.07, 6.45) is 1.18. The van der Waals surface area contributed by atoms with E-state index in [-0.39, 0.29) is 0 Å². The summed E-state index contributed by atoms with van der Waals surface area (Å²) >= 11 is 0. The van der Waals surface area contributed by atoms with E-state index in [1.54, 1.807) is 0 Å². The number of benzene rings is 1. The molecular weight excluding hydrogens is 196 g/mol. The lowest BCUT2D eigenvalue weighted by Gasteiger charge is -2.24. The van der Waals surface area contributed by atoms with Gasteiger partial charge in [0.15, 0.2) is 0 Å². The predicted molar refractivity (Wildman–Crippen MR) is 72.2 cm³/mol. The summed E-state index contributed by atoms with van der Waals surface area (Å²) in [5.74, 6) is 0. The van der Waals surface area contributed by atoms with E-state index in [9.17, 15) is 0 Å². The summed E-state index contributed by atoms with van der Waals surface area (Å²) in [6, 6.07) is 9.37. The van der Waals surface area contributed by atoms with Gasteiger partial charge >= 0.3 is 0 Å². The van der Waals surface area contributed by atoms with Crippen LogP contribution < -0.4 is 10.2 Å². The normalized spacial score (nSPS) is 12.5. The fourth-order valence-electron chi connectivity index (χ4n) is 1.72. The second-order valence-electron chi connectivity index (χ2n) is 4.39. The molecule has 1 rings (SSSR count). The maximum Gasteiger partial charge on any atom is 0.0366 e. The van der Waals surface area contributed by atoms with Crippen molar-refractivity contribution >= 4 is 5.69 Å². The van der Waals surface area contributed by atoms with Crippen LogP contribution in [0.15, 0.2) is 24.3 Å². The summed E-state index contributed by atoms with van der Waals surface area (Å²) < 4.78 is 0. The number of rotatable bonds is 6. The molecule has 0 aliphatic rings. The molecule has 0 bridgehead atoms. The number of anilines is 1. The SMILES string of the molecule is CCN(CCC(C)NC)c1ccc(C)cc1. The van der Waals surface area contributed by atoms with Gasteiger partial charge in [0.1, 0.15) is 0 Å². The Hall–Kier alpha value is -1.02. The molecule has 0 saturated heterocycles. The third-order valence-electron chi connectivity index (χ3n) is 3.11. The number of aryl methyl sites for hydroxylation is 1. The molecule has 0 saturated carbocycles. The van der Waals surface area contributed by atoms with Gasteiger partial charge in [-0.25, -0.2) is 0 Å². The zero-order chi connectivity index (χ0) is 12.0. The van der Waals surface area contributed by atoms with E-state index < -0.39 is 0 Å². The van der Waals surface area contributed by atoms with Gasteiger partial charge in [0.05, 0.1) is 0 Å². The third kappa shape index (κ3) is 3.86. The quantitative estimate of drug-likeness (QED) is 0.793. The van der Waals surface area contributed by atoms with Crippen molar-refractivity contribution in [3.8, 4) is 0 Å². The Balaban J connectivity index is 2.57. The molecule has 1 unspecified atom stereocenters. The highest BCUT2D eigenvalue weighted by Gasteiger charge is 2.05. The van der Waals surface area contributed by atoms with Crippen LogP contribution in [0.5, 0.6) is 0 Å². The Morgan fingerprint density at radius 1 is 1.25 bits per heavy atom. The molecule has 1 N–H and O–H groups in total. The summed E-state index contributed by atoms with van der Waals surface area (Å²) in [7, 11) is 2.02. The van der Waals surface area contributed by atoms with Crippen molar-refractivity contribution in [1.29, 1.82) is 0 Å². The Kier molecular flexibility index (Phi) is 5.33. The minimum Gasteiger partial charge on any atom is -0.372 e. The average molecular weight is 220 g/mol. The molecule has 0 spiro atoms. The van der Waals surface area contributed by atoms with Crippen molar-refractivity contribution in [2.75, 3.05) is 25.0 Å². The first kappa shape index (κ1) is 13.0. The van der Waals surface area contributed by atoms with Crippen LogP contribution in [0.2, 0.25) is 0 Å². The molecule has 1 atom stereocenters. The first-order valence-electron chi connectivity index (χ1n) is 6.16.